The Bertz CT molecular complexity index is 457. The molecule has 0 aliphatic rings. The summed E-state index contributed by atoms with van der Waals surface area (Å²) < 4.78 is 0. The topological polar surface area (TPSA) is 66.6 Å². The third-order valence-corrected chi connectivity index (χ3v) is 3.39. The third-order valence-electron chi connectivity index (χ3n) is 2.48. The molecule has 0 bridgehead atoms. The average Bonchev–Trinajstić information content (AvgIpc) is 2.72. The van der Waals surface area contributed by atoms with E-state index in [1.807, 2.05) is 30.2 Å². The van der Waals surface area contributed by atoms with Gasteiger partial charge < -0.3 is 10.8 Å². The summed E-state index contributed by atoms with van der Waals surface area (Å²) in [5.74, 6) is 5.21. The fraction of sp³-hybridized carbons (Fsp3) is 0.462. The number of aliphatic hydroxyl groups is 1. The summed E-state index contributed by atoms with van der Waals surface area (Å²) in [5, 5.41) is 10.7. The smallest absolute Gasteiger partial charge is 0.231 e. The molecule has 1 rings (SSSR count). The van der Waals surface area contributed by atoms with E-state index < -0.39 is 0 Å². The van der Waals surface area contributed by atoms with Gasteiger partial charge in [0.25, 0.3) is 0 Å². The molecule has 3 N–H and O–H groups in total. The monoisotopic (exact) mass is 266 g/mol. The van der Waals surface area contributed by atoms with Gasteiger partial charge in [0.05, 0.1) is 6.54 Å². The lowest BCUT2D eigenvalue weighted by molar-refractivity contribution is -0.119. The van der Waals surface area contributed by atoms with Gasteiger partial charge in [-0.25, -0.2) is 0 Å². The quantitative estimate of drug-likeness (QED) is 0.774. The second-order valence-corrected chi connectivity index (χ2v) is 5.18. The number of aliphatic hydroxyl groups excluding tert-OH is 1. The number of hydrogen-bond acceptors (Lipinski definition) is 4. The Kier molecular flexibility index (Phi) is 5.86. The van der Waals surface area contributed by atoms with Crippen LogP contribution < -0.4 is 5.73 Å². The van der Waals surface area contributed by atoms with Crippen LogP contribution in [0.2, 0.25) is 0 Å². The number of rotatable bonds is 5. The third kappa shape index (κ3) is 4.49. The fourth-order valence-electron chi connectivity index (χ4n) is 1.51. The number of nitrogens with zero attached hydrogens (tertiary/aromatic N) is 1. The number of amides is 1. The van der Waals surface area contributed by atoms with Gasteiger partial charge in [0.15, 0.2) is 0 Å². The summed E-state index contributed by atoms with van der Waals surface area (Å²) >= 11 is 1.59. The van der Waals surface area contributed by atoms with Crippen molar-refractivity contribution >= 4 is 17.2 Å². The molecule has 4 nitrogen and oxygen atoms in total. The van der Waals surface area contributed by atoms with E-state index in [-0.39, 0.29) is 25.1 Å². The van der Waals surface area contributed by atoms with E-state index in [4.69, 9.17) is 10.8 Å². The number of carbonyl (C=O) groups is 1. The average molecular weight is 266 g/mol. The van der Waals surface area contributed by atoms with Crippen LogP contribution in [0.5, 0.6) is 0 Å². The summed E-state index contributed by atoms with van der Waals surface area (Å²) in [4.78, 5) is 14.1. The van der Waals surface area contributed by atoms with Crippen LogP contribution in [0.1, 0.15) is 24.3 Å². The Hall–Kier alpha value is -1.35. The van der Waals surface area contributed by atoms with E-state index in [9.17, 15) is 4.79 Å². The minimum atomic E-state index is -0.330. The highest BCUT2D eigenvalue weighted by atomic mass is 32.1. The van der Waals surface area contributed by atoms with Crippen LogP contribution in [0.15, 0.2) is 11.4 Å². The van der Waals surface area contributed by atoms with Crippen molar-refractivity contribution in [2.45, 2.75) is 26.4 Å². The predicted molar refractivity (Wildman–Crippen MR) is 73.0 cm³/mol. The minimum Gasteiger partial charge on any atom is -0.384 e. The van der Waals surface area contributed by atoms with Crippen LogP contribution in [0.25, 0.3) is 0 Å². The maximum Gasteiger partial charge on any atom is 0.231 e. The number of thiophene rings is 1. The molecule has 0 aromatic carbocycles. The Morgan fingerprint density at radius 3 is 2.89 bits per heavy atom. The van der Waals surface area contributed by atoms with E-state index in [1.165, 1.54) is 0 Å². The molecule has 0 spiro atoms. The highest BCUT2D eigenvalue weighted by Gasteiger charge is 2.14. The lowest BCUT2D eigenvalue weighted by Crippen LogP contribution is -2.37. The number of nitrogens with two attached hydrogens (primary N) is 1. The van der Waals surface area contributed by atoms with Crippen LogP contribution >= 0.6 is 11.3 Å². The van der Waals surface area contributed by atoms with Crippen molar-refractivity contribution in [1.82, 2.24) is 4.90 Å². The van der Waals surface area contributed by atoms with Crippen molar-refractivity contribution in [2.24, 2.45) is 5.73 Å². The summed E-state index contributed by atoms with van der Waals surface area (Å²) in [6.07, 6.45) is 0. The molecular formula is C13H18N2O2S. The van der Waals surface area contributed by atoms with Gasteiger partial charge in [-0.05, 0) is 25.3 Å². The van der Waals surface area contributed by atoms with E-state index in [0.29, 0.717) is 6.54 Å². The van der Waals surface area contributed by atoms with Crippen molar-refractivity contribution in [1.29, 1.82) is 0 Å². The Balaban J connectivity index is 2.80. The first-order chi connectivity index (χ1) is 8.54. The van der Waals surface area contributed by atoms with Crippen LogP contribution in [-0.4, -0.2) is 35.1 Å². The van der Waals surface area contributed by atoms with E-state index in [2.05, 4.69) is 11.8 Å². The Morgan fingerprint density at radius 2 is 2.33 bits per heavy atom. The van der Waals surface area contributed by atoms with Gasteiger partial charge in [0.1, 0.15) is 6.61 Å². The van der Waals surface area contributed by atoms with Gasteiger partial charge in [-0.1, -0.05) is 11.8 Å². The Morgan fingerprint density at radius 1 is 1.61 bits per heavy atom. The maximum atomic E-state index is 11.0. The van der Waals surface area contributed by atoms with Gasteiger partial charge in [0, 0.05) is 23.0 Å². The molecule has 0 fully saturated rings. The molecule has 98 valence electrons. The molecule has 5 heteroatoms. The molecule has 1 amide bonds. The van der Waals surface area contributed by atoms with Gasteiger partial charge in [-0.2, -0.15) is 0 Å². The molecule has 0 aliphatic heterocycles. The minimum absolute atomic E-state index is 0.148. The van der Waals surface area contributed by atoms with Gasteiger partial charge in [-0.3, -0.25) is 9.69 Å². The zero-order valence-electron chi connectivity index (χ0n) is 10.6. The van der Waals surface area contributed by atoms with E-state index in [0.717, 1.165) is 10.4 Å². The number of hydrogen-bond donors (Lipinski definition) is 2. The summed E-state index contributed by atoms with van der Waals surface area (Å²) in [6.45, 7) is 4.78. The first-order valence-electron chi connectivity index (χ1n) is 5.73. The van der Waals surface area contributed by atoms with Crippen molar-refractivity contribution in [3.63, 3.8) is 0 Å². The normalized spacial score (nSPS) is 10.5. The lowest BCUT2D eigenvalue weighted by Gasteiger charge is -2.24. The zero-order chi connectivity index (χ0) is 13.5. The number of carbonyl (C=O) groups excluding carboxylic acids is 1. The van der Waals surface area contributed by atoms with Crippen LogP contribution in [0.4, 0.5) is 0 Å². The molecule has 0 radical (unpaired) electrons. The van der Waals surface area contributed by atoms with Gasteiger partial charge in [0.2, 0.25) is 5.91 Å². The second-order valence-electron chi connectivity index (χ2n) is 4.18. The largest absolute Gasteiger partial charge is 0.384 e. The molecule has 0 saturated carbocycles. The molecule has 1 aromatic heterocycles. The standard InChI is InChI=1S/C13H18N2O2S/c1-10(2)15(9-13(14)17)8-12-11(4-3-6-16)5-7-18-12/h5,7,10,16H,6,8-9H2,1-2H3,(H2,14,17). The van der Waals surface area contributed by atoms with Crippen molar-refractivity contribution in [3.8, 4) is 11.8 Å². The van der Waals surface area contributed by atoms with Crippen molar-refractivity contribution < 1.29 is 9.90 Å². The molecule has 1 heterocycles. The highest BCUT2D eigenvalue weighted by molar-refractivity contribution is 7.10. The maximum absolute atomic E-state index is 11.0. The lowest BCUT2D eigenvalue weighted by atomic mass is 10.2. The summed E-state index contributed by atoms with van der Waals surface area (Å²) in [7, 11) is 0. The Labute approximate surface area is 111 Å². The molecule has 0 atom stereocenters. The molecule has 0 unspecified atom stereocenters. The highest BCUT2D eigenvalue weighted by Crippen LogP contribution is 2.19. The van der Waals surface area contributed by atoms with Gasteiger partial charge >= 0.3 is 0 Å². The molecule has 1 aromatic rings. The molecule has 0 saturated heterocycles. The second kappa shape index (κ2) is 7.17. The summed E-state index contributed by atoms with van der Waals surface area (Å²) in [5.41, 5.74) is 6.15. The van der Waals surface area contributed by atoms with Crippen LogP contribution in [0.3, 0.4) is 0 Å². The summed E-state index contributed by atoms with van der Waals surface area (Å²) in [6, 6.07) is 2.16. The van der Waals surface area contributed by atoms with Crippen LogP contribution in [-0.2, 0) is 11.3 Å². The van der Waals surface area contributed by atoms with Crippen molar-refractivity contribution in [3.05, 3.63) is 21.9 Å². The van der Waals surface area contributed by atoms with E-state index in [1.54, 1.807) is 11.3 Å². The van der Waals surface area contributed by atoms with Crippen LogP contribution in [0, 0.1) is 11.8 Å². The molecular weight excluding hydrogens is 248 g/mol. The first-order valence-corrected chi connectivity index (χ1v) is 6.61. The molecule has 18 heavy (non-hydrogen) atoms. The van der Waals surface area contributed by atoms with E-state index >= 15 is 0 Å². The fourth-order valence-corrected chi connectivity index (χ4v) is 2.37. The van der Waals surface area contributed by atoms with Crippen molar-refractivity contribution in [2.75, 3.05) is 13.2 Å². The predicted octanol–water partition coefficient (Wildman–Crippen LogP) is 0.788. The first kappa shape index (κ1) is 14.7. The molecule has 0 aliphatic carbocycles. The SMILES string of the molecule is CC(C)N(CC(N)=O)Cc1sccc1C#CCO. The zero-order valence-corrected chi connectivity index (χ0v) is 11.5. The number of primary amides is 1. The van der Waals surface area contributed by atoms with Gasteiger partial charge in [-0.15, -0.1) is 11.3 Å².